The van der Waals surface area contributed by atoms with Crippen molar-refractivity contribution in [2.75, 3.05) is 6.54 Å². The summed E-state index contributed by atoms with van der Waals surface area (Å²) in [6.45, 7) is 8.82. The van der Waals surface area contributed by atoms with Gasteiger partial charge >= 0.3 is 0 Å². The molecule has 0 atom stereocenters. The second-order valence-corrected chi connectivity index (χ2v) is 2.71. The maximum Gasteiger partial charge on any atom is 0.224 e. The van der Waals surface area contributed by atoms with Crippen molar-refractivity contribution in [3.05, 3.63) is 6.92 Å². The van der Waals surface area contributed by atoms with Gasteiger partial charge < -0.3 is 11.1 Å². The fourth-order valence-corrected chi connectivity index (χ4v) is 0.315. The lowest BCUT2D eigenvalue weighted by Crippen LogP contribution is -2.44. The Balaban J connectivity index is 3.39. The number of carbonyl (C=O) groups is 1. The topological polar surface area (TPSA) is 55.1 Å². The number of nitrogens with one attached hydrogen (secondary N) is 1. The van der Waals surface area contributed by atoms with Gasteiger partial charge in [-0.1, -0.05) is 0 Å². The van der Waals surface area contributed by atoms with Crippen LogP contribution in [0.4, 0.5) is 0 Å². The third-order valence-electron chi connectivity index (χ3n) is 0.718. The number of carbonyl (C=O) groups excluding carboxylic acids is 1. The fourth-order valence-electron chi connectivity index (χ4n) is 0.315. The SMILES string of the molecule is [CH]C(=O)NCC(C)(C)N. The van der Waals surface area contributed by atoms with Gasteiger partial charge in [0, 0.05) is 12.1 Å². The molecule has 0 aromatic rings. The van der Waals surface area contributed by atoms with E-state index < -0.39 is 5.91 Å². The second-order valence-electron chi connectivity index (χ2n) is 2.71. The second kappa shape index (κ2) is 2.82. The summed E-state index contributed by atoms with van der Waals surface area (Å²) in [4.78, 5) is 10.1. The lowest BCUT2D eigenvalue weighted by Gasteiger charge is -2.17. The van der Waals surface area contributed by atoms with Gasteiger partial charge in [-0.15, -0.1) is 0 Å². The third-order valence-corrected chi connectivity index (χ3v) is 0.718. The predicted octanol–water partition coefficient (Wildman–Crippen LogP) is -0.449. The van der Waals surface area contributed by atoms with E-state index >= 15 is 0 Å². The van der Waals surface area contributed by atoms with Crippen LogP contribution in [-0.2, 0) is 4.79 Å². The summed E-state index contributed by atoms with van der Waals surface area (Å²) in [6.07, 6.45) is 0. The zero-order chi connectivity index (χ0) is 7.49. The van der Waals surface area contributed by atoms with Crippen molar-refractivity contribution in [1.29, 1.82) is 0 Å². The van der Waals surface area contributed by atoms with Crippen LogP contribution < -0.4 is 11.1 Å². The first-order chi connectivity index (χ1) is 3.92. The fraction of sp³-hybridized carbons (Fsp3) is 0.667. The molecule has 0 fully saturated rings. The van der Waals surface area contributed by atoms with Gasteiger partial charge in [0.15, 0.2) is 0 Å². The van der Waals surface area contributed by atoms with Gasteiger partial charge in [0.05, 0.1) is 6.92 Å². The van der Waals surface area contributed by atoms with Crippen molar-refractivity contribution in [3.8, 4) is 0 Å². The van der Waals surface area contributed by atoms with Gasteiger partial charge in [-0.25, -0.2) is 0 Å². The van der Waals surface area contributed by atoms with Crippen LogP contribution in [0.25, 0.3) is 0 Å². The highest BCUT2D eigenvalue weighted by Crippen LogP contribution is 1.91. The van der Waals surface area contributed by atoms with E-state index in [1.807, 2.05) is 13.8 Å². The Morgan fingerprint density at radius 2 is 2.22 bits per heavy atom. The molecule has 0 saturated carbocycles. The average Bonchev–Trinajstić information content (AvgIpc) is 1.59. The first kappa shape index (κ1) is 8.43. The summed E-state index contributed by atoms with van der Waals surface area (Å²) in [5.41, 5.74) is 5.13. The average molecular weight is 128 g/mol. The van der Waals surface area contributed by atoms with E-state index in [0.717, 1.165) is 0 Å². The van der Waals surface area contributed by atoms with Crippen molar-refractivity contribution in [3.63, 3.8) is 0 Å². The number of nitrogens with two attached hydrogens (primary N) is 1. The van der Waals surface area contributed by atoms with E-state index in [2.05, 4.69) is 5.32 Å². The Morgan fingerprint density at radius 1 is 1.78 bits per heavy atom. The molecule has 52 valence electrons. The first-order valence-corrected chi connectivity index (χ1v) is 2.74. The Kier molecular flexibility index (Phi) is 2.65. The molecule has 0 bridgehead atoms. The normalized spacial score (nSPS) is 11.1. The summed E-state index contributed by atoms with van der Waals surface area (Å²) in [5, 5.41) is 2.40. The monoisotopic (exact) mass is 128 g/mol. The highest BCUT2D eigenvalue weighted by atomic mass is 16.1. The van der Waals surface area contributed by atoms with Crippen molar-refractivity contribution < 1.29 is 4.79 Å². The molecule has 0 saturated heterocycles. The summed E-state index contributed by atoms with van der Waals surface area (Å²) < 4.78 is 0. The molecule has 2 radical (unpaired) electrons. The highest BCUT2D eigenvalue weighted by Gasteiger charge is 2.09. The molecule has 0 heterocycles. The standard InChI is InChI=1S/C6H12N2O/c1-5(9)8-4-6(2,3)7/h1H,4,7H2,2-3H3,(H,8,9). The van der Waals surface area contributed by atoms with Crippen LogP contribution in [0.1, 0.15) is 13.8 Å². The molecule has 0 aromatic heterocycles. The minimum Gasteiger partial charge on any atom is -0.354 e. The number of rotatable bonds is 2. The third kappa shape index (κ3) is 7.43. The van der Waals surface area contributed by atoms with Crippen LogP contribution in [0, 0.1) is 6.92 Å². The van der Waals surface area contributed by atoms with Crippen LogP contribution in [-0.4, -0.2) is 18.0 Å². The molecule has 0 aliphatic carbocycles. The molecular formula is C6H12N2O. The van der Waals surface area contributed by atoms with Crippen molar-refractivity contribution in [2.24, 2.45) is 5.73 Å². The van der Waals surface area contributed by atoms with Crippen LogP contribution in [0.3, 0.4) is 0 Å². The molecule has 0 unspecified atom stereocenters. The zero-order valence-corrected chi connectivity index (χ0v) is 5.77. The van der Waals surface area contributed by atoms with Crippen molar-refractivity contribution >= 4 is 5.91 Å². The van der Waals surface area contributed by atoms with Crippen molar-refractivity contribution in [2.45, 2.75) is 19.4 Å². The number of hydrogen-bond acceptors (Lipinski definition) is 2. The molecule has 3 heteroatoms. The minimum atomic E-state index is -0.534. The quantitative estimate of drug-likeness (QED) is 0.529. The van der Waals surface area contributed by atoms with Gasteiger partial charge in [-0.05, 0) is 13.8 Å². The van der Waals surface area contributed by atoms with E-state index in [4.69, 9.17) is 12.7 Å². The van der Waals surface area contributed by atoms with E-state index in [9.17, 15) is 4.79 Å². The van der Waals surface area contributed by atoms with Gasteiger partial charge in [-0.2, -0.15) is 0 Å². The highest BCUT2D eigenvalue weighted by molar-refractivity contribution is 5.80. The van der Waals surface area contributed by atoms with Gasteiger partial charge in [0.2, 0.25) is 5.91 Å². The summed E-state index contributed by atoms with van der Waals surface area (Å²) in [6, 6.07) is 0. The molecule has 3 nitrogen and oxygen atoms in total. The summed E-state index contributed by atoms with van der Waals surface area (Å²) in [5.74, 6) is -0.534. The molecule has 0 spiro atoms. The molecular weight excluding hydrogens is 116 g/mol. The molecule has 0 aliphatic rings. The molecule has 3 N–H and O–H groups in total. The smallest absolute Gasteiger partial charge is 0.224 e. The summed E-state index contributed by atoms with van der Waals surface area (Å²) in [7, 11) is 0. The lowest BCUT2D eigenvalue weighted by atomic mass is 10.1. The molecule has 1 amide bonds. The van der Waals surface area contributed by atoms with Crippen LogP contribution in [0.5, 0.6) is 0 Å². The number of hydrogen-bond donors (Lipinski definition) is 2. The Bertz CT molecular complexity index is 104. The van der Waals surface area contributed by atoms with E-state index in [1.165, 1.54) is 0 Å². The largest absolute Gasteiger partial charge is 0.354 e. The Hall–Kier alpha value is -0.570. The maximum absolute atomic E-state index is 10.1. The molecule has 0 aliphatic heterocycles. The van der Waals surface area contributed by atoms with Crippen LogP contribution >= 0.6 is 0 Å². The molecule has 9 heavy (non-hydrogen) atoms. The van der Waals surface area contributed by atoms with Crippen LogP contribution in [0.2, 0.25) is 0 Å². The van der Waals surface area contributed by atoms with Gasteiger partial charge in [0.25, 0.3) is 0 Å². The van der Waals surface area contributed by atoms with Crippen LogP contribution in [0.15, 0.2) is 0 Å². The summed E-state index contributed by atoms with van der Waals surface area (Å²) >= 11 is 0. The van der Waals surface area contributed by atoms with E-state index in [0.29, 0.717) is 6.54 Å². The molecule has 0 rings (SSSR count). The predicted molar refractivity (Wildman–Crippen MR) is 35.6 cm³/mol. The van der Waals surface area contributed by atoms with E-state index in [1.54, 1.807) is 0 Å². The number of amides is 1. The minimum absolute atomic E-state index is 0.380. The van der Waals surface area contributed by atoms with E-state index in [-0.39, 0.29) is 5.54 Å². The molecule has 0 aromatic carbocycles. The van der Waals surface area contributed by atoms with Gasteiger partial charge in [0.1, 0.15) is 0 Å². The Morgan fingerprint density at radius 3 is 2.33 bits per heavy atom. The maximum atomic E-state index is 10.1. The van der Waals surface area contributed by atoms with Crippen molar-refractivity contribution in [1.82, 2.24) is 5.32 Å². The zero-order valence-electron chi connectivity index (χ0n) is 5.77. The lowest BCUT2D eigenvalue weighted by molar-refractivity contribution is -0.116. The Labute approximate surface area is 55.6 Å². The van der Waals surface area contributed by atoms with Gasteiger partial charge in [-0.3, -0.25) is 4.79 Å². The first-order valence-electron chi connectivity index (χ1n) is 2.74.